The molecule has 3 atom stereocenters. The van der Waals surface area contributed by atoms with Gasteiger partial charge in [0, 0.05) is 63.2 Å². The number of rotatable bonds is 9. The van der Waals surface area contributed by atoms with E-state index in [4.69, 9.17) is 14.7 Å². The average Bonchev–Trinajstić information content (AvgIpc) is 3.96. The summed E-state index contributed by atoms with van der Waals surface area (Å²) < 4.78 is 13.3. The van der Waals surface area contributed by atoms with Crippen molar-refractivity contribution < 1.29 is 28.7 Å². The molecular weight excluding hydrogens is 715 g/mol. The lowest BCUT2D eigenvalue weighted by atomic mass is 10.0. The molecule has 294 valence electrons. The maximum atomic E-state index is 13.7. The molecule has 2 aromatic heterocycles. The van der Waals surface area contributed by atoms with Crippen LogP contribution in [0.15, 0.2) is 60.9 Å². The first-order valence-corrected chi connectivity index (χ1v) is 18.7. The molecule has 2 aliphatic heterocycles. The molecule has 2 aromatic carbocycles. The average molecular weight is 764 g/mol. The van der Waals surface area contributed by atoms with E-state index in [0.29, 0.717) is 26.2 Å². The van der Waals surface area contributed by atoms with Crippen molar-refractivity contribution in [2.75, 3.05) is 46.9 Å². The molecule has 0 aliphatic carbocycles. The van der Waals surface area contributed by atoms with Crippen LogP contribution >= 0.6 is 0 Å². The molecule has 0 bridgehead atoms. The lowest BCUT2D eigenvalue weighted by Crippen LogP contribution is -2.57. The minimum atomic E-state index is -0.720. The lowest BCUT2D eigenvalue weighted by Gasteiger charge is -2.38. The molecule has 3 N–H and O–H groups in total. The number of aromatic nitrogens is 4. The first-order valence-electron chi connectivity index (χ1n) is 18.7. The smallest absolute Gasteiger partial charge is 0.407 e. The van der Waals surface area contributed by atoms with Crippen molar-refractivity contribution in [2.24, 2.45) is 20.0 Å². The van der Waals surface area contributed by atoms with Crippen molar-refractivity contribution in [3.63, 3.8) is 0 Å². The molecule has 56 heavy (non-hydrogen) atoms. The van der Waals surface area contributed by atoms with Gasteiger partial charge in [0.25, 0.3) is 0 Å². The number of alkyl carbamates (subject to hydrolysis) is 2. The summed E-state index contributed by atoms with van der Waals surface area (Å²) in [4.78, 5) is 63.3. The van der Waals surface area contributed by atoms with E-state index in [0.717, 1.165) is 58.1 Å². The van der Waals surface area contributed by atoms with E-state index < -0.39 is 18.2 Å². The van der Waals surface area contributed by atoms with E-state index in [9.17, 15) is 19.2 Å². The highest BCUT2D eigenvalue weighted by Gasteiger charge is 2.37. The summed E-state index contributed by atoms with van der Waals surface area (Å²) in [6.45, 7) is 5.94. The van der Waals surface area contributed by atoms with Gasteiger partial charge >= 0.3 is 12.2 Å². The van der Waals surface area contributed by atoms with Crippen molar-refractivity contribution >= 4 is 24.0 Å². The second-order valence-electron chi connectivity index (χ2n) is 14.3. The number of imidazole rings is 2. The monoisotopic (exact) mass is 763 g/mol. The maximum absolute atomic E-state index is 13.7. The Morgan fingerprint density at radius 2 is 1.54 bits per heavy atom. The summed E-state index contributed by atoms with van der Waals surface area (Å²) in [5.74, 6) is 7.59. The highest BCUT2D eigenvalue weighted by Crippen LogP contribution is 2.33. The van der Waals surface area contributed by atoms with Crippen LogP contribution < -0.4 is 16.0 Å². The standard InChI is InChI=1S/C41H49N9O6/c1-26(2)36(46-41(54)56-6)39(52)50-21-19-42-22-34(50)38-45-31(25-47(38)3)29-15-11-27(12-16-29)9-10-28-13-17-30(18-14-28)33-23-43-37(48(33)4)32-8-7-20-49(32)35(51)24-44-40(53)55-5/h11-18,23,25-26,32,34,36,42H,7-8,19-22,24H2,1-6H3,(H,44,53)(H,46,54). The van der Waals surface area contributed by atoms with Gasteiger partial charge in [-0.1, -0.05) is 50.0 Å². The molecule has 3 unspecified atom stereocenters. The number of benzene rings is 2. The normalized spacial score (nSPS) is 17.2. The minimum Gasteiger partial charge on any atom is -0.453 e. The van der Waals surface area contributed by atoms with Gasteiger partial charge in [-0.3, -0.25) is 9.59 Å². The third-order valence-corrected chi connectivity index (χ3v) is 10.3. The zero-order valence-corrected chi connectivity index (χ0v) is 32.7. The van der Waals surface area contributed by atoms with Crippen LogP contribution in [0.4, 0.5) is 9.59 Å². The summed E-state index contributed by atoms with van der Waals surface area (Å²) in [6, 6.07) is 14.7. The Kier molecular flexibility index (Phi) is 12.4. The Balaban J connectivity index is 1.11. The number of ether oxygens (including phenoxy) is 2. The Labute approximate surface area is 326 Å². The Morgan fingerprint density at radius 1 is 0.875 bits per heavy atom. The van der Waals surface area contributed by atoms with Crippen LogP contribution in [0.1, 0.15) is 61.5 Å². The molecule has 0 saturated carbocycles. The molecular formula is C41H49N9O6. The number of methoxy groups -OCH3 is 2. The van der Waals surface area contributed by atoms with Crippen LogP contribution in [0.2, 0.25) is 0 Å². The number of likely N-dealkylation sites (tertiary alicyclic amines) is 1. The Morgan fingerprint density at radius 3 is 2.18 bits per heavy atom. The topological polar surface area (TPSA) is 165 Å². The zero-order chi connectivity index (χ0) is 39.9. The third kappa shape index (κ3) is 8.71. The van der Waals surface area contributed by atoms with Crippen LogP contribution in [-0.4, -0.2) is 106 Å². The van der Waals surface area contributed by atoms with Crippen molar-refractivity contribution in [1.82, 2.24) is 44.9 Å². The van der Waals surface area contributed by atoms with E-state index in [2.05, 4.69) is 32.5 Å². The fourth-order valence-corrected chi connectivity index (χ4v) is 7.26. The number of nitrogens with zero attached hydrogens (tertiary/aromatic N) is 6. The highest BCUT2D eigenvalue weighted by atomic mass is 16.5. The lowest BCUT2D eigenvalue weighted by molar-refractivity contribution is -0.138. The third-order valence-electron chi connectivity index (χ3n) is 10.3. The maximum Gasteiger partial charge on any atom is 0.407 e. The summed E-state index contributed by atoms with van der Waals surface area (Å²) in [7, 11) is 6.43. The molecule has 0 radical (unpaired) electrons. The predicted molar refractivity (Wildman–Crippen MR) is 209 cm³/mol. The minimum absolute atomic E-state index is 0.125. The summed E-state index contributed by atoms with van der Waals surface area (Å²) in [5, 5.41) is 8.56. The second-order valence-corrected chi connectivity index (χ2v) is 14.3. The number of carbonyl (C=O) groups excluding carboxylic acids is 4. The van der Waals surface area contributed by atoms with Crippen LogP contribution in [0, 0.1) is 17.8 Å². The molecule has 4 amide bonds. The zero-order valence-electron chi connectivity index (χ0n) is 32.7. The molecule has 6 rings (SSSR count). The van der Waals surface area contributed by atoms with Gasteiger partial charge in [0.2, 0.25) is 11.8 Å². The summed E-state index contributed by atoms with van der Waals surface area (Å²) in [5.41, 5.74) is 5.33. The number of piperazine rings is 1. The van der Waals surface area contributed by atoms with Crippen LogP contribution in [0.25, 0.3) is 22.5 Å². The van der Waals surface area contributed by atoms with Gasteiger partial charge in [0.1, 0.15) is 30.3 Å². The van der Waals surface area contributed by atoms with Gasteiger partial charge in [0.05, 0.1) is 37.8 Å². The molecule has 2 aliphatic rings. The van der Waals surface area contributed by atoms with Crippen LogP contribution in [0.5, 0.6) is 0 Å². The molecule has 4 heterocycles. The van der Waals surface area contributed by atoms with E-state index >= 15 is 0 Å². The highest BCUT2D eigenvalue weighted by molar-refractivity contribution is 5.86. The van der Waals surface area contributed by atoms with E-state index in [1.165, 1.54) is 14.2 Å². The summed E-state index contributed by atoms with van der Waals surface area (Å²) in [6.07, 6.45) is 4.16. The molecule has 2 fully saturated rings. The number of amides is 4. The van der Waals surface area contributed by atoms with E-state index in [1.54, 1.807) is 9.80 Å². The second kappa shape index (κ2) is 17.5. The number of nitrogens with one attached hydrogen (secondary N) is 3. The quantitative estimate of drug-likeness (QED) is 0.216. The summed E-state index contributed by atoms with van der Waals surface area (Å²) >= 11 is 0. The number of aryl methyl sites for hydroxylation is 1. The fourth-order valence-electron chi connectivity index (χ4n) is 7.26. The molecule has 4 aromatic rings. The number of hydrogen-bond donors (Lipinski definition) is 3. The van der Waals surface area contributed by atoms with Gasteiger partial charge < -0.3 is 44.4 Å². The predicted octanol–water partition coefficient (Wildman–Crippen LogP) is 3.76. The van der Waals surface area contributed by atoms with Crippen LogP contribution in [-0.2, 0) is 33.2 Å². The van der Waals surface area contributed by atoms with Crippen molar-refractivity contribution in [2.45, 2.75) is 44.8 Å². The van der Waals surface area contributed by atoms with E-state index in [-0.39, 0.29) is 36.4 Å². The van der Waals surface area contributed by atoms with E-state index in [1.807, 2.05) is 98.0 Å². The Hall–Kier alpha value is -6.14. The van der Waals surface area contributed by atoms with Crippen molar-refractivity contribution in [3.05, 3.63) is 83.7 Å². The molecule has 15 heteroatoms. The van der Waals surface area contributed by atoms with Gasteiger partial charge in [-0.2, -0.15) is 0 Å². The first kappa shape index (κ1) is 39.6. The molecule has 15 nitrogen and oxygen atoms in total. The SMILES string of the molecule is COC(=O)NCC(=O)N1CCCC1c1ncc(-c2ccc(C#Cc3ccc(-c4cn(C)c(C5CNCCN5C(=O)C(NC(=O)OC)C(C)C)n4)cc3)cc2)n1C. The van der Waals surface area contributed by atoms with Gasteiger partial charge in [-0.25, -0.2) is 19.6 Å². The van der Waals surface area contributed by atoms with Crippen molar-refractivity contribution in [3.8, 4) is 34.4 Å². The van der Waals surface area contributed by atoms with Crippen molar-refractivity contribution in [1.29, 1.82) is 0 Å². The van der Waals surface area contributed by atoms with Gasteiger partial charge in [-0.05, 0) is 48.6 Å². The number of hydrogen-bond acceptors (Lipinski definition) is 9. The van der Waals surface area contributed by atoms with Crippen LogP contribution in [0.3, 0.4) is 0 Å². The Bertz CT molecular complexity index is 2110. The number of carbonyl (C=O) groups is 4. The van der Waals surface area contributed by atoms with Gasteiger partial charge in [0.15, 0.2) is 0 Å². The molecule has 0 spiro atoms. The molecule has 2 saturated heterocycles. The fraction of sp³-hybridized carbons (Fsp3) is 0.415. The largest absolute Gasteiger partial charge is 0.453 e. The van der Waals surface area contributed by atoms with Gasteiger partial charge in [-0.15, -0.1) is 0 Å². The first-order chi connectivity index (χ1) is 27.0.